The van der Waals surface area contributed by atoms with Crippen molar-refractivity contribution < 1.29 is 18.3 Å². The van der Waals surface area contributed by atoms with E-state index >= 15 is 0 Å². The third-order valence-corrected chi connectivity index (χ3v) is 7.99. The molecule has 4 aromatic heterocycles. The number of fused-ring (bicyclic) bond motifs is 2. The number of aromatic nitrogens is 4. The molecule has 1 aromatic carbocycles. The number of primary amides is 1. The zero-order valence-corrected chi connectivity index (χ0v) is 23.7. The SMILES string of the molecule is BrCc1nc2cc(Br)cnc2s1.NC(=O)c1c(F)ccc(OCc2nc3cc(Br)cnc3s2)c1F. The molecule has 0 aliphatic carbocycles. The summed E-state index contributed by atoms with van der Waals surface area (Å²) >= 11 is 12.9. The number of benzene rings is 1. The van der Waals surface area contributed by atoms with Crippen LogP contribution in [0.1, 0.15) is 20.4 Å². The average molecular weight is 708 g/mol. The molecule has 14 heteroatoms. The van der Waals surface area contributed by atoms with Crippen LogP contribution in [0.2, 0.25) is 0 Å². The summed E-state index contributed by atoms with van der Waals surface area (Å²) in [7, 11) is 0. The van der Waals surface area contributed by atoms with Gasteiger partial charge in [0.15, 0.2) is 11.6 Å². The van der Waals surface area contributed by atoms with Crippen LogP contribution >= 0.6 is 70.5 Å². The highest BCUT2D eigenvalue weighted by atomic mass is 79.9. The van der Waals surface area contributed by atoms with Crippen LogP contribution in [-0.2, 0) is 11.9 Å². The van der Waals surface area contributed by atoms with Crippen LogP contribution in [0.25, 0.3) is 20.7 Å². The third kappa shape index (κ3) is 6.17. The Morgan fingerprint density at radius 1 is 0.971 bits per heavy atom. The first-order valence-electron chi connectivity index (χ1n) is 9.53. The molecule has 5 aromatic rings. The molecule has 180 valence electrons. The number of nitrogens with zero attached hydrogens (tertiary/aromatic N) is 4. The quantitative estimate of drug-likeness (QED) is 0.203. The van der Waals surface area contributed by atoms with Crippen LogP contribution in [-0.4, -0.2) is 25.8 Å². The predicted molar refractivity (Wildman–Crippen MR) is 142 cm³/mol. The summed E-state index contributed by atoms with van der Waals surface area (Å²) in [5.41, 5.74) is 5.78. The Morgan fingerprint density at radius 3 is 2.11 bits per heavy atom. The van der Waals surface area contributed by atoms with Crippen molar-refractivity contribution in [2.45, 2.75) is 11.9 Å². The predicted octanol–water partition coefficient (Wildman–Crippen LogP) is 6.76. The van der Waals surface area contributed by atoms with E-state index in [-0.39, 0.29) is 12.4 Å². The number of nitrogens with two attached hydrogens (primary N) is 1. The van der Waals surface area contributed by atoms with Crippen molar-refractivity contribution in [2.75, 3.05) is 0 Å². The van der Waals surface area contributed by atoms with Gasteiger partial charge in [0.25, 0.3) is 5.91 Å². The molecule has 0 saturated heterocycles. The highest BCUT2D eigenvalue weighted by molar-refractivity contribution is 9.10. The summed E-state index contributed by atoms with van der Waals surface area (Å²) < 4.78 is 34.5. The van der Waals surface area contributed by atoms with E-state index in [1.807, 2.05) is 6.07 Å². The van der Waals surface area contributed by atoms with Gasteiger partial charge in [-0.2, -0.15) is 0 Å². The van der Waals surface area contributed by atoms with E-state index in [1.54, 1.807) is 29.8 Å². The number of amides is 1. The van der Waals surface area contributed by atoms with Crippen molar-refractivity contribution >= 4 is 97.1 Å². The fourth-order valence-corrected chi connectivity index (χ4v) is 5.46. The van der Waals surface area contributed by atoms with E-state index in [2.05, 4.69) is 67.7 Å². The number of ether oxygens (including phenoxy) is 1. The standard InChI is InChI=1S/C14H8BrF2N3O2S.C7H4Br2N2S/c15-6-3-8-14(19-4-6)23-10(20-8)5-22-9-2-1-7(16)11(12(9)17)13(18)21;8-2-6-11-5-1-4(9)3-10-7(5)12-6/h1-4H,5H2,(H2,18,21);1,3H,2H2. The van der Waals surface area contributed by atoms with Crippen molar-refractivity contribution in [3.05, 3.63) is 72.8 Å². The first-order chi connectivity index (χ1) is 16.7. The fourth-order valence-electron chi connectivity index (χ4n) is 2.82. The molecule has 2 N–H and O–H groups in total. The molecular weight excluding hydrogens is 696 g/mol. The van der Waals surface area contributed by atoms with Crippen molar-refractivity contribution in [2.24, 2.45) is 5.73 Å². The fraction of sp³-hybridized carbons (Fsp3) is 0.0952. The Balaban J connectivity index is 0.000000201. The lowest BCUT2D eigenvalue weighted by Gasteiger charge is -2.08. The first kappa shape index (κ1) is 25.9. The van der Waals surface area contributed by atoms with E-state index in [0.29, 0.717) is 15.4 Å². The molecule has 7 nitrogen and oxygen atoms in total. The molecule has 0 aliphatic heterocycles. The van der Waals surface area contributed by atoms with E-state index in [1.165, 1.54) is 11.3 Å². The minimum atomic E-state index is -1.19. The van der Waals surface area contributed by atoms with Gasteiger partial charge in [-0.05, 0) is 56.1 Å². The average Bonchev–Trinajstić information content (AvgIpc) is 3.41. The number of pyridine rings is 2. The molecule has 1 amide bonds. The van der Waals surface area contributed by atoms with Gasteiger partial charge in [-0.1, -0.05) is 38.6 Å². The van der Waals surface area contributed by atoms with Crippen LogP contribution in [0.5, 0.6) is 5.75 Å². The van der Waals surface area contributed by atoms with Gasteiger partial charge in [-0.15, -0.1) is 0 Å². The maximum Gasteiger partial charge on any atom is 0.254 e. The number of carbonyl (C=O) groups is 1. The minimum absolute atomic E-state index is 0.0423. The summed E-state index contributed by atoms with van der Waals surface area (Å²) in [6.07, 6.45) is 3.43. The Kier molecular flexibility index (Phi) is 8.37. The number of rotatable bonds is 5. The lowest BCUT2D eigenvalue weighted by atomic mass is 10.2. The van der Waals surface area contributed by atoms with E-state index < -0.39 is 23.1 Å². The van der Waals surface area contributed by atoms with Crippen LogP contribution in [0, 0.1) is 11.6 Å². The number of hydrogen-bond donors (Lipinski definition) is 1. The number of thiazole rings is 2. The summed E-state index contributed by atoms with van der Waals surface area (Å²) in [6.45, 7) is -0.0423. The lowest BCUT2D eigenvalue weighted by Crippen LogP contribution is -2.16. The zero-order valence-electron chi connectivity index (χ0n) is 17.3. The maximum absolute atomic E-state index is 14.0. The molecule has 0 spiro atoms. The Labute approximate surface area is 230 Å². The number of hydrogen-bond acceptors (Lipinski definition) is 8. The molecule has 0 fully saturated rings. The molecule has 0 radical (unpaired) electrons. The van der Waals surface area contributed by atoms with Crippen LogP contribution < -0.4 is 10.5 Å². The molecule has 5 rings (SSSR count). The van der Waals surface area contributed by atoms with Crippen LogP contribution in [0.3, 0.4) is 0 Å². The molecule has 0 atom stereocenters. The largest absolute Gasteiger partial charge is 0.483 e. The van der Waals surface area contributed by atoms with Gasteiger partial charge in [0.05, 0.1) is 5.33 Å². The second kappa shape index (κ2) is 11.3. The van der Waals surface area contributed by atoms with Gasteiger partial charge >= 0.3 is 0 Å². The van der Waals surface area contributed by atoms with Gasteiger partial charge in [0.1, 0.15) is 48.7 Å². The molecule has 0 saturated carbocycles. The highest BCUT2D eigenvalue weighted by Crippen LogP contribution is 2.27. The lowest BCUT2D eigenvalue weighted by molar-refractivity contribution is 0.0991. The third-order valence-electron chi connectivity index (χ3n) is 4.28. The first-order valence-corrected chi connectivity index (χ1v) is 13.9. The monoisotopic (exact) mass is 705 g/mol. The molecule has 35 heavy (non-hydrogen) atoms. The van der Waals surface area contributed by atoms with E-state index in [9.17, 15) is 13.6 Å². The van der Waals surface area contributed by atoms with Crippen molar-refractivity contribution in [3.63, 3.8) is 0 Å². The Morgan fingerprint density at radius 2 is 1.54 bits per heavy atom. The second-order valence-corrected chi connectivity index (χ2v) is 11.2. The molecule has 0 aliphatic rings. The topological polar surface area (TPSA) is 104 Å². The Hall–Kier alpha value is -2.13. The van der Waals surface area contributed by atoms with Crippen LogP contribution in [0.15, 0.2) is 45.6 Å². The van der Waals surface area contributed by atoms with Crippen molar-refractivity contribution in [1.82, 2.24) is 19.9 Å². The number of carbonyl (C=O) groups excluding carboxylic acids is 1. The highest BCUT2D eigenvalue weighted by Gasteiger charge is 2.19. The van der Waals surface area contributed by atoms with Gasteiger partial charge < -0.3 is 10.5 Å². The summed E-state index contributed by atoms with van der Waals surface area (Å²) in [4.78, 5) is 29.9. The van der Waals surface area contributed by atoms with Crippen LogP contribution in [0.4, 0.5) is 8.78 Å². The summed E-state index contributed by atoms with van der Waals surface area (Å²) in [5, 5.41) is 2.43. The zero-order chi connectivity index (χ0) is 25.1. The van der Waals surface area contributed by atoms with E-state index in [4.69, 9.17) is 10.5 Å². The summed E-state index contributed by atoms with van der Waals surface area (Å²) in [5.74, 6) is -3.62. The molecule has 0 bridgehead atoms. The smallest absolute Gasteiger partial charge is 0.254 e. The van der Waals surface area contributed by atoms with Gasteiger partial charge in [-0.25, -0.2) is 28.7 Å². The second-order valence-electron chi connectivity index (χ2n) is 6.69. The molecule has 0 unspecified atom stereocenters. The number of halogens is 5. The van der Waals surface area contributed by atoms with Crippen molar-refractivity contribution in [1.29, 1.82) is 0 Å². The maximum atomic E-state index is 14.0. The molecule has 4 heterocycles. The van der Waals surface area contributed by atoms with Gasteiger partial charge in [0, 0.05) is 21.3 Å². The normalized spacial score (nSPS) is 10.9. The molecular formula is C21H12Br3F2N5O2S2. The Bertz CT molecular complexity index is 1550. The van der Waals surface area contributed by atoms with Crippen molar-refractivity contribution in [3.8, 4) is 5.75 Å². The van der Waals surface area contributed by atoms with E-state index in [0.717, 1.165) is 41.8 Å². The minimum Gasteiger partial charge on any atom is -0.483 e. The number of alkyl halides is 1. The van der Waals surface area contributed by atoms with Gasteiger partial charge in [-0.3, -0.25) is 4.79 Å². The summed E-state index contributed by atoms with van der Waals surface area (Å²) in [6, 6.07) is 5.80. The van der Waals surface area contributed by atoms with Gasteiger partial charge in [0.2, 0.25) is 0 Å².